The molecule has 112 valence electrons. The fraction of sp³-hybridized carbons (Fsp3) is 0.294. The van der Waals surface area contributed by atoms with Crippen LogP contribution in [0.5, 0.6) is 17.2 Å². The number of aromatic hydroxyl groups is 2. The van der Waals surface area contributed by atoms with Gasteiger partial charge in [-0.15, -0.1) is 0 Å². The summed E-state index contributed by atoms with van der Waals surface area (Å²) in [6.45, 7) is 5.21. The Morgan fingerprint density at radius 2 is 1.81 bits per heavy atom. The first kappa shape index (κ1) is 15.2. The van der Waals surface area contributed by atoms with Gasteiger partial charge in [0.15, 0.2) is 0 Å². The van der Waals surface area contributed by atoms with E-state index in [2.05, 4.69) is 12.2 Å². The Morgan fingerprint density at radius 3 is 2.43 bits per heavy atom. The molecule has 0 amide bonds. The Bertz CT molecular complexity index is 581. The van der Waals surface area contributed by atoms with Crippen molar-refractivity contribution in [3.05, 3.63) is 53.6 Å². The van der Waals surface area contributed by atoms with Crippen molar-refractivity contribution in [1.82, 2.24) is 5.32 Å². The molecular formula is C17H21NO3. The lowest BCUT2D eigenvalue weighted by molar-refractivity contribution is 0.340. The van der Waals surface area contributed by atoms with Crippen molar-refractivity contribution in [3.8, 4) is 17.2 Å². The highest BCUT2D eigenvalue weighted by molar-refractivity contribution is 5.39. The minimum absolute atomic E-state index is 0.0656. The Morgan fingerprint density at radius 1 is 1.10 bits per heavy atom. The molecule has 21 heavy (non-hydrogen) atoms. The van der Waals surface area contributed by atoms with E-state index < -0.39 is 0 Å². The molecule has 0 aliphatic heterocycles. The summed E-state index contributed by atoms with van der Waals surface area (Å²) < 4.78 is 5.42. The summed E-state index contributed by atoms with van der Waals surface area (Å²) >= 11 is 0. The third-order valence-corrected chi connectivity index (χ3v) is 3.36. The second-order valence-electron chi connectivity index (χ2n) is 4.92. The minimum atomic E-state index is 0.0656. The minimum Gasteiger partial charge on any atom is -0.508 e. The molecule has 2 aromatic rings. The van der Waals surface area contributed by atoms with Gasteiger partial charge in [-0.05, 0) is 37.6 Å². The summed E-state index contributed by atoms with van der Waals surface area (Å²) in [5, 5.41) is 22.4. The first-order valence-corrected chi connectivity index (χ1v) is 7.07. The Labute approximate surface area is 125 Å². The summed E-state index contributed by atoms with van der Waals surface area (Å²) in [5.41, 5.74) is 1.90. The number of benzene rings is 2. The van der Waals surface area contributed by atoms with E-state index in [9.17, 15) is 10.2 Å². The molecule has 0 radical (unpaired) electrons. The van der Waals surface area contributed by atoms with Crippen molar-refractivity contribution in [2.24, 2.45) is 0 Å². The van der Waals surface area contributed by atoms with Gasteiger partial charge in [0, 0.05) is 24.2 Å². The molecule has 0 saturated heterocycles. The zero-order chi connectivity index (χ0) is 15.2. The van der Waals surface area contributed by atoms with Crippen molar-refractivity contribution < 1.29 is 14.9 Å². The predicted molar refractivity (Wildman–Crippen MR) is 82.6 cm³/mol. The molecule has 3 N–H and O–H groups in total. The molecule has 2 aromatic carbocycles. The van der Waals surface area contributed by atoms with Gasteiger partial charge in [-0.25, -0.2) is 0 Å². The number of hydrogen-bond acceptors (Lipinski definition) is 4. The fourth-order valence-corrected chi connectivity index (χ4v) is 2.10. The molecule has 0 spiro atoms. The SMILES string of the molecule is CCOc1ccc(C(C)NCc2ccc(O)cc2O)cc1. The van der Waals surface area contributed by atoms with Crippen molar-refractivity contribution in [2.75, 3.05) is 6.61 Å². The van der Waals surface area contributed by atoms with Crippen LogP contribution in [0.1, 0.15) is 31.0 Å². The van der Waals surface area contributed by atoms with Gasteiger partial charge in [0.1, 0.15) is 17.2 Å². The largest absolute Gasteiger partial charge is 0.508 e. The zero-order valence-corrected chi connectivity index (χ0v) is 12.3. The fourth-order valence-electron chi connectivity index (χ4n) is 2.10. The topological polar surface area (TPSA) is 61.7 Å². The van der Waals surface area contributed by atoms with Crippen LogP contribution in [0.2, 0.25) is 0 Å². The van der Waals surface area contributed by atoms with E-state index in [-0.39, 0.29) is 17.5 Å². The van der Waals surface area contributed by atoms with Crippen molar-refractivity contribution >= 4 is 0 Å². The number of phenolic OH excluding ortho intramolecular Hbond substituents is 2. The van der Waals surface area contributed by atoms with E-state index in [0.29, 0.717) is 13.2 Å². The van der Waals surface area contributed by atoms with Crippen molar-refractivity contribution in [1.29, 1.82) is 0 Å². The van der Waals surface area contributed by atoms with Gasteiger partial charge < -0.3 is 20.3 Å². The van der Waals surface area contributed by atoms with Crippen LogP contribution in [-0.2, 0) is 6.54 Å². The standard InChI is InChI=1S/C17H21NO3/c1-3-21-16-8-5-13(6-9-16)12(2)18-11-14-4-7-15(19)10-17(14)20/h4-10,12,18-20H,3,11H2,1-2H3. The molecule has 0 saturated carbocycles. The molecule has 1 unspecified atom stereocenters. The van der Waals surface area contributed by atoms with Crippen LogP contribution >= 0.6 is 0 Å². The monoisotopic (exact) mass is 287 g/mol. The molecule has 0 aliphatic rings. The summed E-state index contributed by atoms with van der Waals surface area (Å²) in [6.07, 6.45) is 0. The Hall–Kier alpha value is -2.20. The molecule has 0 bridgehead atoms. The highest BCUT2D eigenvalue weighted by Crippen LogP contribution is 2.23. The quantitative estimate of drug-likeness (QED) is 0.762. The predicted octanol–water partition coefficient (Wildman–Crippen LogP) is 3.35. The number of nitrogens with one attached hydrogen (secondary N) is 1. The third-order valence-electron chi connectivity index (χ3n) is 3.36. The maximum Gasteiger partial charge on any atom is 0.123 e. The van der Waals surface area contributed by atoms with Crippen molar-refractivity contribution in [3.63, 3.8) is 0 Å². The number of hydrogen-bond donors (Lipinski definition) is 3. The highest BCUT2D eigenvalue weighted by Gasteiger charge is 2.07. The van der Waals surface area contributed by atoms with Gasteiger partial charge in [0.05, 0.1) is 6.61 Å². The van der Waals surface area contributed by atoms with Gasteiger partial charge in [-0.2, -0.15) is 0 Å². The first-order chi connectivity index (χ1) is 10.1. The maximum atomic E-state index is 9.75. The zero-order valence-electron chi connectivity index (χ0n) is 12.3. The lowest BCUT2D eigenvalue weighted by Gasteiger charge is -2.15. The van der Waals surface area contributed by atoms with Crippen LogP contribution < -0.4 is 10.1 Å². The molecule has 0 fully saturated rings. The molecule has 0 aromatic heterocycles. The average Bonchev–Trinajstić information content (AvgIpc) is 2.47. The van der Waals surface area contributed by atoms with Crippen LogP contribution in [-0.4, -0.2) is 16.8 Å². The van der Waals surface area contributed by atoms with Crippen molar-refractivity contribution in [2.45, 2.75) is 26.4 Å². The molecule has 4 nitrogen and oxygen atoms in total. The normalized spacial score (nSPS) is 12.1. The third kappa shape index (κ3) is 4.13. The van der Waals surface area contributed by atoms with E-state index in [4.69, 9.17) is 4.74 Å². The van der Waals surface area contributed by atoms with E-state index in [1.54, 1.807) is 12.1 Å². The van der Waals surface area contributed by atoms with Crippen LogP contribution in [0, 0.1) is 0 Å². The van der Waals surface area contributed by atoms with Gasteiger partial charge in [-0.1, -0.05) is 18.2 Å². The van der Waals surface area contributed by atoms with Gasteiger partial charge in [0.25, 0.3) is 0 Å². The lowest BCUT2D eigenvalue weighted by atomic mass is 10.1. The highest BCUT2D eigenvalue weighted by atomic mass is 16.5. The Kier molecular flexibility index (Phi) is 5.06. The van der Waals surface area contributed by atoms with E-state index >= 15 is 0 Å². The molecule has 0 aliphatic carbocycles. The molecular weight excluding hydrogens is 266 g/mol. The average molecular weight is 287 g/mol. The first-order valence-electron chi connectivity index (χ1n) is 7.07. The number of phenols is 2. The van der Waals surface area contributed by atoms with E-state index in [1.165, 1.54) is 6.07 Å². The van der Waals surface area contributed by atoms with Crippen LogP contribution in [0.15, 0.2) is 42.5 Å². The molecule has 0 heterocycles. The second-order valence-corrected chi connectivity index (χ2v) is 4.92. The summed E-state index contributed by atoms with van der Waals surface area (Å²) in [6, 6.07) is 12.7. The maximum absolute atomic E-state index is 9.75. The van der Waals surface area contributed by atoms with E-state index in [1.807, 2.05) is 31.2 Å². The van der Waals surface area contributed by atoms with E-state index in [0.717, 1.165) is 16.9 Å². The van der Waals surface area contributed by atoms with Gasteiger partial charge in [0.2, 0.25) is 0 Å². The number of rotatable bonds is 6. The summed E-state index contributed by atoms with van der Waals surface area (Å²) in [7, 11) is 0. The van der Waals surface area contributed by atoms with Gasteiger partial charge in [-0.3, -0.25) is 0 Å². The molecule has 4 heteroatoms. The van der Waals surface area contributed by atoms with Crippen LogP contribution in [0.4, 0.5) is 0 Å². The van der Waals surface area contributed by atoms with Crippen LogP contribution in [0.3, 0.4) is 0 Å². The van der Waals surface area contributed by atoms with Gasteiger partial charge >= 0.3 is 0 Å². The summed E-state index contributed by atoms with van der Waals surface area (Å²) in [4.78, 5) is 0. The molecule has 2 rings (SSSR count). The number of ether oxygens (including phenoxy) is 1. The second kappa shape index (κ2) is 6.99. The molecule has 1 atom stereocenters. The lowest BCUT2D eigenvalue weighted by Crippen LogP contribution is -2.18. The smallest absolute Gasteiger partial charge is 0.123 e. The summed E-state index contributed by atoms with van der Waals surface area (Å²) in [5.74, 6) is 1.03. The van der Waals surface area contributed by atoms with Crippen LogP contribution in [0.25, 0.3) is 0 Å². The Balaban J connectivity index is 1.96.